The molecule has 3 aromatic rings. The van der Waals surface area contributed by atoms with E-state index in [0.717, 1.165) is 24.6 Å². The van der Waals surface area contributed by atoms with Crippen molar-refractivity contribution in [2.75, 3.05) is 18.0 Å². The zero-order valence-corrected chi connectivity index (χ0v) is 17.7. The van der Waals surface area contributed by atoms with E-state index in [4.69, 9.17) is 4.74 Å². The average molecular weight is 438 g/mol. The number of para-hydroxylation sites is 1. The number of anilines is 1. The largest absolute Gasteiger partial charge is 0.436 e. The Bertz CT molecular complexity index is 1090. The number of rotatable bonds is 6. The van der Waals surface area contributed by atoms with Gasteiger partial charge < -0.3 is 15.0 Å². The first-order valence-corrected chi connectivity index (χ1v) is 10.5. The molecule has 0 saturated carbocycles. The Morgan fingerprint density at radius 2 is 1.91 bits per heavy atom. The number of carbonyl (C=O) groups excluding carboxylic acids is 1. The fraction of sp³-hybridized carbons (Fsp3) is 0.292. The van der Waals surface area contributed by atoms with E-state index in [1.54, 1.807) is 12.4 Å². The Morgan fingerprint density at radius 1 is 1.16 bits per heavy atom. The van der Waals surface area contributed by atoms with Crippen LogP contribution < -0.4 is 15.0 Å². The van der Waals surface area contributed by atoms with Crippen molar-refractivity contribution in [3.63, 3.8) is 0 Å². The van der Waals surface area contributed by atoms with Crippen LogP contribution in [0.1, 0.15) is 24.0 Å². The number of nitrogens with zero attached hydrogens (tertiary/aromatic N) is 3. The third-order valence-electron chi connectivity index (χ3n) is 5.43. The van der Waals surface area contributed by atoms with E-state index in [1.807, 2.05) is 36.1 Å². The first-order valence-electron chi connectivity index (χ1n) is 10.5. The number of hydrogen-bond acceptors (Lipinski definition) is 5. The molecule has 166 valence electrons. The molecule has 32 heavy (non-hydrogen) atoms. The Hall–Kier alpha value is -3.55. The molecule has 0 radical (unpaired) electrons. The predicted molar refractivity (Wildman–Crippen MR) is 116 cm³/mol. The molecule has 1 fully saturated rings. The summed E-state index contributed by atoms with van der Waals surface area (Å²) >= 11 is 0. The molecule has 0 spiro atoms. The van der Waals surface area contributed by atoms with Crippen molar-refractivity contribution in [1.29, 1.82) is 0 Å². The molecule has 0 unspecified atom stereocenters. The number of hydrogen-bond donors (Lipinski definition) is 1. The number of nitrogens with one attached hydrogen (secondary N) is 1. The summed E-state index contributed by atoms with van der Waals surface area (Å²) in [5.41, 5.74) is 1.36. The van der Waals surface area contributed by atoms with Crippen molar-refractivity contribution in [2.45, 2.75) is 26.3 Å². The summed E-state index contributed by atoms with van der Waals surface area (Å²) in [6.45, 7) is 3.20. The van der Waals surface area contributed by atoms with E-state index < -0.39 is 11.6 Å². The minimum Gasteiger partial charge on any atom is -0.436 e. The molecule has 6 nitrogen and oxygen atoms in total. The van der Waals surface area contributed by atoms with Crippen LogP contribution in [0.25, 0.3) is 0 Å². The first-order chi connectivity index (χ1) is 15.5. The van der Waals surface area contributed by atoms with Crippen LogP contribution in [0.15, 0.2) is 54.9 Å². The van der Waals surface area contributed by atoms with Gasteiger partial charge in [-0.2, -0.15) is 0 Å². The van der Waals surface area contributed by atoms with E-state index in [0.29, 0.717) is 36.0 Å². The van der Waals surface area contributed by atoms with E-state index in [2.05, 4.69) is 15.3 Å². The van der Waals surface area contributed by atoms with Gasteiger partial charge in [-0.15, -0.1) is 0 Å². The lowest BCUT2D eigenvalue weighted by atomic mass is 9.97. The van der Waals surface area contributed by atoms with Crippen LogP contribution in [0, 0.1) is 24.5 Å². The highest BCUT2D eigenvalue weighted by Crippen LogP contribution is 2.32. The van der Waals surface area contributed by atoms with Crippen LogP contribution >= 0.6 is 0 Å². The number of amides is 1. The Labute approximate surface area is 185 Å². The summed E-state index contributed by atoms with van der Waals surface area (Å²) in [5, 5.41) is 2.79. The molecule has 0 bridgehead atoms. The normalized spacial score (nSPS) is 16.0. The molecule has 2 aromatic carbocycles. The van der Waals surface area contributed by atoms with Gasteiger partial charge >= 0.3 is 0 Å². The fourth-order valence-corrected chi connectivity index (χ4v) is 3.81. The number of piperidine rings is 1. The molecule has 1 aliphatic rings. The summed E-state index contributed by atoms with van der Waals surface area (Å²) in [7, 11) is 0. The molecule has 1 aromatic heterocycles. The van der Waals surface area contributed by atoms with Crippen LogP contribution in [0.4, 0.5) is 14.6 Å². The predicted octanol–water partition coefficient (Wildman–Crippen LogP) is 4.39. The zero-order valence-electron chi connectivity index (χ0n) is 17.7. The molecular weight excluding hydrogens is 414 g/mol. The third kappa shape index (κ3) is 5.19. The zero-order chi connectivity index (χ0) is 22.5. The lowest BCUT2D eigenvalue weighted by molar-refractivity contribution is -0.125. The van der Waals surface area contributed by atoms with Gasteiger partial charge in [-0.1, -0.05) is 18.2 Å². The maximum atomic E-state index is 13.4. The number of carbonyl (C=O) groups is 1. The second kappa shape index (κ2) is 9.72. The van der Waals surface area contributed by atoms with E-state index in [9.17, 15) is 13.6 Å². The van der Waals surface area contributed by atoms with Gasteiger partial charge in [0.05, 0.1) is 5.92 Å². The topological polar surface area (TPSA) is 67.4 Å². The van der Waals surface area contributed by atoms with Crippen molar-refractivity contribution in [2.24, 2.45) is 5.92 Å². The standard InChI is InChI=1S/C24H24F2N4O2/c1-16-5-2-3-7-21(16)32-24-22(27-8-9-28-24)30-10-4-6-18(15-30)23(31)29-14-17-11-19(25)13-20(26)12-17/h2-3,5,7-9,11-13,18H,4,6,10,14-15H2,1H3,(H,29,31)/t18-/m0/s1. The summed E-state index contributed by atoms with van der Waals surface area (Å²) in [5.74, 6) is -0.106. The van der Waals surface area contributed by atoms with Gasteiger partial charge in [-0.05, 0) is 49.1 Å². The number of benzene rings is 2. The Kier molecular flexibility index (Phi) is 6.58. The third-order valence-corrected chi connectivity index (χ3v) is 5.43. The van der Waals surface area contributed by atoms with Gasteiger partial charge in [0.1, 0.15) is 17.4 Å². The maximum absolute atomic E-state index is 13.4. The second-order valence-corrected chi connectivity index (χ2v) is 7.83. The van der Waals surface area contributed by atoms with Crippen molar-refractivity contribution in [3.05, 3.63) is 77.6 Å². The SMILES string of the molecule is Cc1ccccc1Oc1nccnc1N1CCC[C@H](C(=O)NCc2cc(F)cc(F)c2)C1. The minimum absolute atomic E-state index is 0.0663. The molecule has 0 aliphatic carbocycles. The van der Waals surface area contributed by atoms with Gasteiger partial charge in [0.2, 0.25) is 5.91 Å². The molecular formula is C24H24F2N4O2. The van der Waals surface area contributed by atoms with Crippen LogP contribution in [0.5, 0.6) is 11.6 Å². The summed E-state index contributed by atoms with van der Waals surface area (Å²) in [6.07, 6.45) is 4.69. The van der Waals surface area contributed by atoms with E-state index >= 15 is 0 Å². The monoisotopic (exact) mass is 438 g/mol. The van der Waals surface area contributed by atoms with Crippen LogP contribution in [-0.2, 0) is 11.3 Å². The van der Waals surface area contributed by atoms with Crippen LogP contribution in [0.3, 0.4) is 0 Å². The average Bonchev–Trinajstić information content (AvgIpc) is 2.79. The van der Waals surface area contributed by atoms with Gasteiger partial charge in [0, 0.05) is 38.1 Å². The maximum Gasteiger partial charge on any atom is 0.263 e. The molecule has 8 heteroatoms. The number of halogens is 2. The lowest BCUT2D eigenvalue weighted by Crippen LogP contribution is -2.43. The van der Waals surface area contributed by atoms with E-state index in [1.165, 1.54) is 12.1 Å². The molecule has 1 atom stereocenters. The number of aromatic nitrogens is 2. The molecule has 1 N–H and O–H groups in total. The quantitative estimate of drug-likeness (QED) is 0.618. The van der Waals surface area contributed by atoms with Gasteiger partial charge in [0.15, 0.2) is 5.82 Å². The van der Waals surface area contributed by atoms with Crippen molar-refractivity contribution >= 4 is 11.7 Å². The smallest absolute Gasteiger partial charge is 0.263 e. The van der Waals surface area contributed by atoms with E-state index in [-0.39, 0.29) is 18.4 Å². The van der Waals surface area contributed by atoms with Gasteiger partial charge in [-0.25, -0.2) is 18.7 Å². The van der Waals surface area contributed by atoms with Gasteiger partial charge in [-0.3, -0.25) is 4.79 Å². The first kappa shape index (κ1) is 21.7. The van der Waals surface area contributed by atoms with Crippen LogP contribution in [0.2, 0.25) is 0 Å². The highest BCUT2D eigenvalue weighted by atomic mass is 19.1. The number of aryl methyl sites for hydroxylation is 1. The molecule has 1 aliphatic heterocycles. The molecule has 1 amide bonds. The summed E-state index contributed by atoms with van der Waals surface area (Å²) < 4.78 is 32.8. The highest BCUT2D eigenvalue weighted by Gasteiger charge is 2.28. The lowest BCUT2D eigenvalue weighted by Gasteiger charge is -2.33. The minimum atomic E-state index is -0.665. The van der Waals surface area contributed by atoms with Crippen molar-refractivity contribution in [1.82, 2.24) is 15.3 Å². The van der Waals surface area contributed by atoms with Crippen LogP contribution in [-0.4, -0.2) is 29.0 Å². The molecule has 1 saturated heterocycles. The summed E-state index contributed by atoms with van der Waals surface area (Å²) in [6, 6.07) is 10.9. The highest BCUT2D eigenvalue weighted by molar-refractivity contribution is 5.79. The van der Waals surface area contributed by atoms with Gasteiger partial charge in [0.25, 0.3) is 5.88 Å². The van der Waals surface area contributed by atoms with Crippen molar-refractivity contribution < 1.29 is 18.3 Å². The second-order valence-electron chi connectivity index (χ2n) is 7.83. The Morgan fingerprint density at radius 3 is 2.69 bits per heavy atom. The van der Waals surface area contributed by atoms with Crippen molar-refractivity contribution in [3.8, 4) is 11.6 Å². The number of ether oxygens (including phenoxy) is 1. The summed E-state index contributed by atoms with van der Waals surface area (Å²) in [4.78, 5) is 23.6. The molecule has 4 rings (SSSR count). The molecule has 2 heterocycles. The Balaban J connectivity index is 1.44. The fourth-order valence-electron chi connectivity index (χ4n) is 3.81.